The number of unbranched alkanes of at least 4 members (excludes halogenated alkanes) is 12. The maximum Gasteiger partial charge on any atom is 0.417 e. The highest BCUT2D eigenvalue weighted by atomic mass is 19.4. The van der Waals surface area contributed by atoms with E-state index in [2.05, 4.69) is 12.2 Å². The minimum absolute atomic E-state index is 0.0199. The molecule has 2 rings (SSSR count). The van der Waals surface area contributed by atoms with Gasteiger partial charge in [-0.2, -0.15) is 18.4 Å². The van der Waals surface area contributed by atoms with Gasteiger partial charge in [-0.25, -0.2) is 0 Å². The fourth-order valence-electron chi connectivity index (χ4n) is 4.86. The van der Waals surface area contributed by atoms with Gasteiger partial charge in [-0.05, 0) is 49.1 Å². The second-order valence-electron chi connectivity index (χ2n) is 10.5. The Morgan fingerprint density at radius 1 is 0.850 bits per heavy atom. The molecule has 0 aliphatic rings. The third-order valence-electron chi connectivity index (χ3n) is 7.05. The van der Waals surface area contributed by atoms with E-state index in [9.17, 15) is 18.0 Å². The van der Waals surface area contributed by atoms with E-state index in [0.29, 0.717) is 24.3 Å². The summed E-state index contributed by atoms with van der Waals surface area (Å²) in [7, 11) is 0. The Kier molecular flexibility index (Phi) is 15.2. The van der Waals surface area contributed by atoms with Gasteiger partial charge in [0.1, 0.15) is 5.75 Å². The van der Waals surface area contributed by atoms with Crippen molar-refractivity contribution < 1.29 is 22.7 Å². The van der Waals surface area contributed by atoms with Gasteiger partial charge in [-0.15, -0.1) is 0 Å². The van der Waals surface area contributed by atoms with Crippen LogP contribution in [-0.4, -0.2) is 12.5 Å². The van der Waals surface area contributed by atoms with Crippen molar-refractivity contribution in [2.45, 2.75) is 116 Å². The van der Waals surface area contributed by atoms with Crippen molar-refractivity contribution in [2.24, 2.45) is 0 Å². The number of amides is 1. The SMILES string of the molecule is CCCCCCCCCCCCCCCc1cccc(OCCC)c1C(=O)Nc1ccc(C#N)c(C(F)(F)F)c1. The first kappa shape index (κ1) is 33.2. The van der Waals surface area contributed by atoms with E-state index in [1.807, 2.05) is 19.1 Å². The molecule has 0 fully saturated rings. The molecule has 0 saturated heterocycles. The maximum atomic E-state index is 13.4. The molecule has 0 aliphatic heterocycles. The number of nitrogens with one attached hydrogen (secondary N) is 1. The molecule has 0 saturated carbocycles. The molecule has 40 heavy (non-hydrogen) atoms. The zero-order valence-electron chi connectivity index (χ0n) is 24.2. The minimum Gasteiger partial charge on any atom is -0.493 e. The number of carbonyl (C=O) groups is 1. The van der Waals surface area contributed by atoms with Crippen molar-refractivity contribution in [3.05, 3.63) is 58.7 Å². The predicted octanol–water partition coefficient (Wildman–Crippen LogP) is 10.3. The van der Waals surface area contributed by atoms with Crippen LogP contribution in [0.25, 0.3) is 0 Å². The Balaban J connectivity index is 1.94. The van der Waals surface area contributed by atoms with Crippen LogP contribution in [0.3, 0.4) is 0 Å². The smallest absolute Gasteiger partial charge is 0.417 e. The van der Waals surface area contributed by atoms with Gasteiger partial charge in [0.05, 0.1) is 29.4 Å². The molecule has 0 aliphatic carbocycles. The van der Waals surface area contributed by atoms with E-state index >= 15 is 0 Å². The topological polar surface area (TPSA) is 62.1 Å². The number of nitriles is 1. The summed E-state index contributed by atoms with van der Waals surface area (Å²) in [6.07, 6.45) is 13.0. The van der Waals surface area contributed by atoms with Crippen molar-refractivity contribution in [1.29, 1.82) is 5.26 Å². The first-order chi connectivity index (χ1) is 19.3. The second-order valence-corrected chi connectivity index (χ2v) is 10.5. The number of rotatable bonds is 19. The lowest BCUT2D eigenvalue weighted by molar-refractivity contribution is -0.137. The summed E-state index contributed by atoms with van der Waals surface area (Å²) >= 11 is 0. The van der Waals surface area contributed by atoms with E-state index in [1.54, 1.807) is 12.1 Å². The number of anilines is 1. The summed E-state index contributed by atoms with van der Waals surface area (Å²) in [5.74, 6) is -0.0922. The Bertz CT molecular complexity index is 1080. The maximum absolute atomic E-state index is 13.4. The summed E-state index contributed by atoms with van der Waals surface area (Å²) < 4.78 is 46.1. The van der Waals surface area contributed by atoms with Gasteiger partial charge < -0.3 is 10.1 Å². The van der Waals surface area contributed by atoms with Gasteiger partial charge in [0, 0.05) is 5.69 Å². The highest BCUT2D eigenvalue weighted by Gasteiger charge is 2.34. The van der Waals surface area contributed by atoms with E-state index in [-0.39, 0.29) is 5.69 Å². The monoisotopic (exact) mass is 558 g/mol. The van der Waals surface area contributed by atoms with E-state index < -0.39 is 23.2 Å². The number of hydrogen-bond acceptors (Lipinski definition) is 3. The van der Waals surface area contributed by atoms with Gasteiger partial charge in [0.15, 0.2) is 0 Å². The number of benzene rings is 2. The third-order valence-corrected chi connectivity index (χ3v) is 7.05. The fraction of sp³-hybridized carbons (Fsp3) is 0.576. The molecule has 0 atom stereocenters. The molecule has 220 valence electrons. The Morgan fingerprint density at radius 3 is 2.00 bits per heavy atom. The minimum atomic E-state index is -4.70. The van der Waals surface area contributed by atoms with E-state index in [1.165, 1.54) is 70.3 Å². The Hall–Kier alpha value is -3.01. The van der Waals surface area contributed by atoms with Crippen LogP contribution in [0.15, 0.2) is 36.4 Å². The highest BCUT2D eigenvalue weighted by molar-refractivity contribution is 6.07. The molecule has 4 nitrogen and oxygen atoms in total. The number of carbonyl (C=O) groups excluding carboxylic acids is 1. The molecule has 1 amide bonds. The van der Waals surface area contributed by atoms with E-state index in [0.717, 1.165) is 43.4 Å². The number of ether oxygens (including phenoxy) is 1. The largest absolute Gasteiger partial charge is 0.493 e. The summed E-state index contributed by atoms with van der Waals surface area (Å²) in [6, 6.07) is 10.2. The number of halogens is 3. The number of aryl methyl sites for hydroxylation is 1. The van der Waals surface area contributed by atoms with Crippen molar-refractivity contribution in [1.82, 2.24) is 0 Å². The van der Waals surface area contributed by atoms with Gasteiger partial charge in [-0.1, -0.05) is 103 Å². The van der Waals surface area contributed by atoms with Crippen LogP contribution in [-0.2, 0) is 12.6 Å². The van der Waals surface area contributed by atoms with Crippen LogP contribution >= 0.6 is 0 Å². The Labute approximate surface area is 238 Å². The average Bonchev–Trinajstić information content (AvgIpc) is 2.93. The van der Waals surface area contributed by atoms with Crippen molar-refractivity contribution in [3.8, 4) is 11.8 Å². The fourth-order valence-corrected chi connectivity index (χ4v) is 4.86. The summed E-state index contributed by atoms with van der Waals surface area (Å²) in [5.41, 5.74) is -0.406. The number of hydrogen-bond donors (Lipinski definition) is 1. The molecule has 0 aromatic heterocycles. The van der Waals surface area contributed by atoms with Crippen LogP contribution in [0.1, 0.15) is 131 Å². The van der Waals surface area contributed by atoms with Gasteiger partial charge in [0.25, 0.3) is 5.91 Å². The van der Waals surface area contributed by atoms with Crippen molar-refractivity contribution in [2.75, 3.05) is 11.9 Å². The van der Waals surface area contributed by atoms with Gasteiger partial charge in [-0.3, -0.25) is 4.79 Å². The van der Waals surface area contributed by atoms with Crippen LogP contribution in [0, 0.1) is 11.3 Å². The van der Waals surface area contributed by atoms with E-state index in [4.69, 9.17) is 10.00 Å². The zero-order chi connectivity index (χ0) is 29.2. The molecule has 0 heterocycles. The zero-order valence-corrected chi connectivity index (χ0v) is 24.2. The first-order valence-electron chi connectivity index (χ1n) is 15.0. The van der Waals surface area contributed by atoms with Crippen LogP contribution in [0.2, 0.25) is 0 Å². The van der Waals surface area contributed by atoms with Crippen LogP contribution in [0.4, 0.5) is 18.9 Å². The number of nitrogens with zero attached hydrogens (tertiary/aromatic N) is 1. The molecule has 0 radical (unpaired) electrons. The molecule has 0 unspecified atom stereocenters. The summed E-state index contributed by atoms with van der Waals surface area (Å²) in [4.78, 5) is 13.3. The summed E-state index contributed by atoms with van der Waals surface area (Å²) in [6.45, 7) is 4.64. The molecular weight excluding hydrogens is 513 g/mol. The first-order valence-corrected chi connectivity index (χ1v) is 15.0. The number of alkyl halides is 3. The van der Waals surface area contributed by atoms with Crippen molar-refractivity contribution >= 4 is 11.6 Å². The molecular formula is C33H45F3N2O2. The average molecular weight is 559 g/mol. The lowest BCUT2D eigenvalue weighted by Crippen LogP contribution is -2.17. The van der Waals surface area contributed by atoms with Crippen LogP contribution in [0.5, 0.6) is 5.75 Å². The molecule has 0 spiro atoms. The van der Waals surface area contributed by atoms with Gasteiger partial charge >= 0.3 is 6.18 Å². The quantitative estimate of drug-likeness (QED) is 0.174. The lowest BCUT2D eigenvalue weighted by Gasteiger charge is -2.16. The highest BCUT2D eigenvalue weighted by Crippen LogP contribution is 2.34. The normalized spacial score (nSPS) is 11.3. The molecule has 2 aromatic carbocycles. The predicted molar refractivity (Wildman–Crippen MR) is 156 cm³/mol. The Morgan fingerprint density at radius 2 is 1.45 bits per heavy atom. The molecule has 2 aromatic rings. The van der Waals surface area contributed by atoms with Crippen LogP contribution < -0.4 is 10.1 Å². The second kappa shape index (κ2) is 18.4. The van der Waals surface area contributed by atoms with Crippen molar-refractivity contribution in [3.63, 3.8) is 0 Å². The van der Waals surface area contributed by atoms with Gasteiger partial charge in [0.2, 0.25) is 0 Å². The third kappa shape index (κ3) is 11.6. The molecule has 7 heteroatoms. The lowest BCUT2D eigenvalue weighted by atomic mass is 9.98. The standard InChI is InChI=1S/C33H45F3N2O2/c1-3-5-6-7-8-9-10-11-12-13-14-15-16-18-26-19-17-20-30(40-23-4-2)31(26)32(39)38-28-22-21-27(25-37)29(24-28)33(34,35)36/h17,19-22,24H,3-16,18,23H2,1-2H3,(H,38,39). The molecule has 0 bridgehead atoms. The molecule has 1 N–H and O–H groups in total. The summed E-state index contributed by atoms with van der Waals surface area (Å²) in [5, 5.41) is 11.7.